The normalized spacial score (nSPS) is 14.7. The van der Waals surface area contributed by atoms with Crippen molar-refractivity contribution in [2.45, 2.75) is 31.8 Å². The van der Waals surface area contributed by atoms with Crippen molar-refractivity contribution < 1.29 is 14.3 Å². The third-order valence-corrected chi connectivity index (χ3v) is 3.78. The standard InChI is InChI=1S/C18H19NO3/c19-18(20)13-8-10-15(11-9-13)22-17-7-3-6-16(12-17)21-14-4-1-2-5-14/h3,6-12,14H,1-2,4-5H2,(H2,19,20). The lowest BCUT2D eigenvalue weighted by Crippen LogP contribution is -2.10. The molecule has 0 bridgehead atoms. The Bertz CT molecular complexity index is 646. The first-order valence-electron chi connectivity index (χ1n) is 7.55. The van der Waals surface area contributed by atoms with Crippen molar-refractivity contribution in [2.24, 2.45) is 5.73 Å². The molecule has 2 N–H and O–H groups in total. The first kappa shape index (κ1) is 14.4. The van der Waals surface area contributed by atoms with Crippen LogP contribution in [0.4, 0.5) is 0 Å². The van der Waals surface area contributed by atoms with E-state index in [-0.39, 0.29) is 0 Å². The topological polar surface area (TPSA) is 61.6 Å². The molecule has 4 nitrogen and oxygen atoms in total. The molecule has 0 spiro atoms. The van der Waals surface area contributed by atoms with E-state index in [1.54, 1.807) is 24.3 Å². The highest BCUT2D eigenvalue weighted by molar-refractivity contribution is 5.92. The molecule has 22 heavy (non-hydrogen) atoms. The summed E-state index contributed by atoms with van der Waals surface area (Å²) in [5, 5.41) is 0. The number of ether oxygens (including phenoxy) is 2. The van der Waals surface area contributed by atoms with Crippen LogP contribution in [-0.4, -0.2) is 12.0 Å². The van der Waals surface area contributed by atoms with Crippen molar-refractivity contribution in [3.05, 3.63) is 54.1 Å². The Morgan fingerprint density at radius 3 is 2.32 bits per heavy atom. The summed E-state index contributed by atoms with van der Waals surface area (Å²) >= 11 is 0. The van der Waals surface area contributed by atoms with Gasteiger partial charge in [0.1, 0.15) is 17.2 Å². The Kier molecular flexibility index (Phi) is 4.28. The maximum absolute atomic E-state index is 11.0. The highest BCUT2D eigenvalue weighted by Crippen LogP contribution is 2.28. The van der Waals surface area contributed by atoms with Crippen molar-refractivity contribution in [1.29, 1.82) is 0 Å². The molecule has 0 atom stereocenters. The van der Waals surface area contributed by atoms with Crippen LogP contribution in [0.2, 0.25) is 0 Å². The lowest BCUT2D eigenvalue weighted by atomic mass is 10.2. The van der Waals surface area contributed by atoms with Crippen molar-refractivity contribution in [2.75, 3.05) is 0 Å². The second-order valence-electron chi connectivity index (χ2n) is 5.49. The van der Waals surface area contributed by atoms with Gasteiger partial charge < -0.3 is 15.2 Å². The smallest absolute Gasteiger partial charge is 0.248 e. The van der Waals surface area contributed by atoms with Crippen molar-refractivity contribution >= 4 is 5.91 Å². The molecular formula is C18H19NO3. The fourth-order valence-electron chi connectivity index (χ4n) is 2.63. The maximum atomic E-state index is 11.0. The van der Waals surface area contributed by atoms with E-state index < -0.39 is 5.91 Å². The molecule has 0 aromatic heterocycles. The number of hydrogen-bond donors (Lipinski definition) is 1. The molecule has 1 aliphatic carbocycles. The third-order valence-electron chi connectivity index (χ3n) is 3.78. The van der Waals surface area contributed by atoms with Gasteiger partial charge in [0.05, 0.1) is 6.10 Å². The number of benzene rings is 2. The Morgan fingerprint density at radius 1 is 0.955 bits per heavy atom. The quantitative estimate of drug-likeness (QED) is 0.910. The molecule has 0 aliphatic heterocycles. The SMILES string of the molecule is NC(=O)c1ccc(Oc2cccc(OC3CCCC3)c2)cc1. The number of carbonyl (C=O) groups is 1. The zero-order valence-electron chi connectivity index (χ0n) is 12.3. The monoisotopic (exact) mass is 297 g/mol. The molecule has 0 saturated heterocycles. The number of primary amides is 1. The van der Waals surface area contributed by atoms with Gasteiger partial charge in [-0.15, -0.1) is 0 Å². The molecular weight excluding hydrogens is 278 g/mol. The van der Waals surface area contributed by atoms with Gasteiger partial charge in [-0.1, -0.05) is 6.07 Å². The van der Waals surface area contributed by atoms with Gasteiger partial charge in [0.15, 0.2) is 0 Å². The van der Waals surface area contributed by atoms with Gasteiger partial charge in [0.25, 0.3) is 0 Å². The largest absolute Gasteiger partial charge is 0.490 e. The van der Waals surface area contributed by atoms with Crippen LogP contribution < -0.4 is 15.2 Å². The third kappa shape index (κ3) is 3.58. The second kappa shape index (κ2) is 6.52. The van der Waals surface area contributed by atoms with E-state index in [0.717, 1.165) is 18.6 Å². The Balaban J connectivity index is 1.67. The second-order valence-corrected chi connectivity index (χ2v) is 5.49. The Morgan fingerprint density at radius 2 is 1.64 bits per heavy atom. The molecule has 1 aliphatic rings. The van der Waals surface area contributed by atoms with Crippen LogP contribution in [0.25, 0.3) is 0 Å². The molecule has 1 amide bonds. The molecule has 0 unspecified atom stereocenters. The fraction of sp³-hybridized carbons (Fsp3) is 0.278. The Labute approximate surface area is 129 Å². The van der Waals surface area contributed by atoms with Gasteiger partial charge in [-0.2, -0.15) is 0 Å². The van der Waals surface area contributed by atoms with Crippen LogP contribution in [0.1, 0.15) is 36.0 Å². The number of carbonyl (C=O) groups excluding carboxylic acids is 1. The van der Waals surface area contributed by atoms with E-state index in [9.17, 15) is 4.79 Å². The predicted molar refractivity (Wildman–Crippen MR) is 84.4 cm³/mol. The number of nitrogens with two attached hydrogens (primary N) is 1. The zero-order chi connectivity index (χ0) is 15.4. The van der Waals surface area contributed by atoms with Gasteiger partial charge >= 0.3 is 0 Å². The molecule has 2 aromatic rings. The summed E-state index contributed by atoms with van der Waals surface area (Å²) in [6.07, 6.45) is 5.06. The van der Waals surface area contributed by atoms with E-state index in [1.807, 2.05) is 24.3 Å². The summed E-state index contributed by atoms with van der Waals surface area (Å²) in [6.45, 7) is 0. The van der Waals surface area contributed by atoms with Crippen LogP contribution in [0.3, 0.4) is 0 Å². The van der Waals surface area contributed by atoms with Crippen LogP contribution in [0, 0.1) is 0 Å². The van der Waals surface area contributed by atoms with E-state index in [1.165, 1.54) is 12.8 Å². The number of rotatable bonds is 5. The van der Waals surface area contributed by atoms with Crippen molar-refractivity contribution in [3.8, 4) is 17.2 Å². The van der Waals surface area contributed by atoms with Gasteiger partial charge in [-0.3, -0.25) is 4.79 Å². The zero-order valence-corrected chi connectivity index (χ0v) is 12.3. The average molecular weight is 297 g/mol. The lowest BCUT2D eigenvalue weighted by molar-refractivity contribution is 0.100. The van der Waals surface area contributed by atoms with Crippen LogP contribution in [0.15, 0.2) is 48.5 Å². The summed E-state index contributed by atoms with van der Waals surface area (Å²) in [7, 11) is 0. The minimum Gasteiger partial charge on any atom is -0.490 e. The predicted octanol–water partition coefficient (Wildman–Crippen LogP) is 3.90. The minimum absolute atomic E-state index is 0.324. The van der Waals surface area contributed by atoms with Crippen molar-refractivity contribution in [1.82, 2.24) is 0 Å². The van der Waals surface area contributed by atoms with Gasteiger partial charge in [0, 0.05) is 11.6 Å². The van der Waals surface area contributed by atoms with Crippen LogP contribution in [0.5, 0.6) is 17.2 Å². The molecule has 3 rings (SSSR count). The average Bonchev–Trinajstić information content (AvgIpc) is 3.01. The first-order valence-corrected chi connectivity index (χ1v) is 7.55. The van der Waals surface area contributed by atoms with Crippen LogP contribution in [-0.2, 0) is 0 Å². The maximum Gasteiger partial charge on any atom is 0.248 e. The van der Waals surface area contributed by atoms with Gasteiger partial charge in [-0.05, 0) is 62.1 Å². The van der Waals surface area contributed by atoms with E-state index in [0.29, 0.717) is 23.2 Å². The highest BCUT2D eigenvalue weighted by atomic mass is 16.5. The van der Waals surface area contributed by atoms with Crippen molar-refractivity contribution in [3.63, 3.8) is 0 Å². The molecule has 114 valence electrons. The van der Waals surface area contributed by atoms with E-state index in [2.05, 4.69) is 0 Å². The molecule has 4 heteroatoms. The van der Waals surface area contributed by atoms with E-state index >= 15 is 0 Å². The summed E-state index contributed by atoms with van der Waals surface area (Å²) in [5.74, 6) is 1.75. The summed E-state index contributed by atoms with van der Waals surface area (Å²) in [5.41, 5.74) is 5.68. The first-order chi connectivity index (χ1) is 10.7. The summed E-state index contributed by atoms with van der Waals surface area (Å²) < 4.78 is 11.7. The lowest BCUT2D eigenvalue weighted by Gasteiger charge is -2.14. The van der Waals surface area contributed by atoms with E-state index in [4.69, 9.17) is 15.2 Å². The number of hydrogen-bond acceptors (Lipinski definition) is 3. The van der Waals surface area contributed by atoms with Crippen LogP contribution >= 0.6 is 0 Å². The number of amides is 1. The summed E-state index contributed by atoms with van der Waals surface area (Å²) in [4.78, 5) is 11.0. The minimum atomic E-state index is -0.446. The highest BCUT2D eigenvalue weighted by Gasteiger charge is 2.16. The Hall–Kier alpha value is -2.49. The summed E-state index contributed by atoms with van der Waals surface area (Å²) in [6, 6.07) is 14.4. The molecule has 0 heterocycles. The van der Waals surface area contributed by atoms with Gasteiger partial charge in [-0.25, -0.2) is 0 Å². The molecule has 2 aromatic carbocycles. The molecule has 0 radical (unpaired) electrons. The van der Waals surface area contributed by atoms with Gasteiger partial charge in [0.2, 0.25) is 5.91 Å². The fourth-order valence-corrected chi connectivity index (χ4v) is 2.63. The molecule has 1 saturated carbocycles. The molecule has 1 fully saturated rings.